The highest BCUT2D eigenvalue weighted by molar-refractivity contribution is 9.09. The first-order chi connectivity index (χ1) is 8.74. The van der Waals surface area contributed by atoms with E-state index in [0.717, 1.165) is 30.0 Å². The second-order valence-electron chi connectivity index (χ2n) is 5.12. The molecule has 1 aliphatic heterocycles. The van der Waals surface area contributed by atoms with Crippen LogP contribution in [0.25, 0.3) is 0 Å². The molecule has 0 amide bonds. The standard InChI is InChI=1S/C15H22BrNO/c1-12-7-9-17(15(12)11-16)10-8-13-3-5-14(18-2)6-4-13/h3-6,12,15H,7-11H2,1-2H3. The summed E-state index contributed by atoms with van der Waals surface area (Å²) in [6.45, 7) is 4.76. The summed E-state index contributed by atoms with van der Waals surface area (Å²) < 4.78 is 5.18. The summed E-state index contributed by atoms with van der Waals surface area (Å²) in [4.78, 5) is 2.61. The van der Waals surface area contributed by atoms with E-state index in [-0.39, 0.29) is 0 Å². The van der Waals surface area contributed by atoms with Crippen LogP contribution in [-0.2, 0) is 6.42 Å². The lowest BCUT2D eigenvalue weighted by atomic mass is 10.0. The molecule has 0 bridgehead atoms. The maximum Gasteiger partial charge on any atom is 0.118 e. The minimum absolute atomic E-state index is 0.711. The number of hydrogen-bond donors (Lipinski definition) is 0. The van der Waals surface area contributed by atoms with Crippen LogP contribution in [-0.4, -0.2) is 36.5 Å². The topological polar surface area (TPSA) is 12.5 Å². The van der Waals surface area contributed by atoms with E-state index in [1.165, 1.54) is 18.5 Å². The Morgan fingerprint density at radius 3 is 2.67 bits per heavy atom. The number of halogens is 1. The molecule has 2 unspecified atom stereocenters. The number of methoxy groups -OCH3 is 1. The third-order valence-corrected chi connectivity index (χ3v) is 4.67. The van der Waals surface area contributed by atoms with Crippen molar-refractivity contribution in [3.05, 3.63) is 29.8 Å². The molecule has 2 nitrogen and oxygen atoms in total. The average Bonchev–Trinajstić information content (AvgIpc) is 2.77. The predicted octanol–water partition coefficient (Wildman–Crippen LogP) is 3.34. The largest absolute Gasteiger partial charge is 0.497 e. The van der Waals surface area contributed by atoms with Crippen LogP contribution in [0.3, 0.4) is 0 Å². The number of likely N-dealkylation sites (tertiary alicyclic amines) is 1. The normalized spacial score (nSPS) is 24.4. The maximum absolute atomic E-state index is 5.18. The van der Waals surface area contributed by atoms with Crippen LogP contribution >= 0.6 is 15.9 Å². The minimum atomic E-state index is 0.711. The zero-order chi connectivity index (χ0) is 13.0. The van der Waals surface area contributed by atoms with Gasteiger partial charge in [0.2, 0.25) is 0 Å². The van der Waals surface area contributed by atoms with Crippen molar-refractivity contribution in [1.82, 2.24) is 4.90 Å². The summed E-state index contributed by atoms with van der Waals surface area (Å²) in [6, 6.07) is 9.14. The number of hydrogen-bond acceptors (Lipinski definition) is 2. The third-order valence-electron chi connectivity index (χ3n) is 4.00. The van der Waals surface area contributed by atoms with E-state index in [9.17, 15) is 0 Å². The van der Waals surface area contributed by atoms with Gasteiger partial charge in [0.1, 0.15) is 5.75 Å². The smallest absolute Gasteiger partial charge is 0.118 e. The lowest BCUT2D eigenvalue weighted by Crippen LogP contribution is -2.35. The van der Waals surface area contributed by atoms with Gasteiger partial charge in [0.15, 0.2) is 0 Å². The molecule has 0 aromatic heterocycles. The fourth-order valence-electron chi connectivity index (χ4n) is 2.68. The van der Waals surface area contributed by atoms with Gasteiger partial charge >= 0.3 is 0 Å². The Balaban J connectivity index is 1.87. The number of ether oxygens (including phenoxy) is 1. The van der Waals surface area contributed by atoms with Gasteiger partial charge in [-0.25, -0.2) is 0 Å². The third kappa shape index (κ3) is 3.27. The molecule has 2 rings (SSSR count). The molecule has 0 aliphatic carbocycles. The molecule has 0 radical (unpaired) electrons. The second-order valence-corrected chi connectivity index (χ2v) is 5.77. The van der Waals surface area contributed by atoms with Crippen LogP contribution in [0.15, 0.2) is 24.3 Å². The molecule has 0 saturated carbocycles. The summed E-state index contributed by atoms with van der Waals surface area (Å²) in [6.07, 6.45) is 2.46. The van der Waals surface area contributed by atoms with Gasteiger partial charge in [0.25, 0.3) is 0 Å². The Labute approximate surface area is 118 Å². The molecular formula is C15H22BrNO. The molecule has 1 aliphatic rings. The summed E-state index contributed by atoms with van der Waals surface area (Å²) in [5.74, 6) is 1.76. The zero-order valence-electron chi connectivity index (χ0n) is 11.2. The molecule has 1 saturated heterocycles. The molecule has 3 heteroatoms. The molecule has 18 heavy (non-hydrogen) atoms. The molecule has 0 N–H and O–H groups in total. The first-order valence-electron chi connectivity index (χ1n) is 6.67. The zero-order valence-corrected chi connectivity index (χ0v) is 12.8. The highest BCUT2D eigenvalue weighted by Gasteiger charge is 2.29. The van der Waals surface area contributed by atoms with E-state index < -0.39 is 0 Å². The number of alkyl halides is 1. The summed E-state index contributed by atoms with van der Waals surface area (Å²) >= 11 is 3.64. The van der Waals surface area contributed by atoms with E-state index in [4.69, 9.17) is 4.74 Å². The summed E-state index contributed by atoms with van der Waals surface area (Å²) in [5.41, 5.74) is 1.39. The Morgan fingerprint density at radius 1 is 1.33 bits per heavy atom. The van der Waals surface area contributed by atoms with E-state index in [1.54, 1.807) is 7.11 Å². The van der Waals surface area contributed by atoms with E-state index in [1.807, 2.05) is 12.1 Å². The lowest BCUT2D eigenvalue weighted by molar-refractivity contribution is 0.255. The highest BCUT2D eigenvalue weighted by Crippen LogP contribution is 2.25. The second kappa shape index (κ2) is 6.58. The van der Waals surface area contributed by atoms with E-state index >= 15 is 0 Å². The van der Waals surface area contributed by atoms with Crippen LogP contribution in [0, 0.1) is 5.92 Å². The quantitative estimate of drug-likeness (QED) is 0.773. The van der Waals surface area contributed by atoms with Crippen molar-refractivity contribution in [2.45, 2.75) is 25.8 Å². The fraction of sp³-hybridized carbons (Fsp3) is 0.600. The summed E-state index contributed by atoms with van der Waals surface area (Å²) in [7, 11) is 1.71. The van der Waals surface area contributed by atoms with Gasteiger partial charge in [-0.3, -0.25) is 4.90 Å². The molecule has 2 atom stereocenters. The summed E-state index contributed by atoms with van der Waals surface area (Å²) in [5, 5.41) is 1.09. The van der Waals surface area contributed by atoms with Crippen LogP contribution in [0.4, 0.5) is 0 Å². The lowest BCUT2D eigenvalue weighted by Gasteiger charge is -2.25. The molecule has 1 aromatic carbocycles. The Hall–Kier alpha value is -0.540. The van der Waals surface area contributed by atoms with Crippen LogP contribution in [0.1, 0.15) is 18.9 Å². The molecule has 100 valence electrons. The van der Waals surface area contributed by atoms with Gasteiger partial charge in [0, 0.05) is 17.9 Å². The van der Waals surface area contributed by atoms with Crippen molar-refractivity contribution in [3.8, 4) is 5.75 Å². The highest BCUT2D eigenvalue weighted by atomic mass is 79.9. The Bertz CT molecular complexity index is 365. The van der Waals surface area contributed by atoms with Crippen LogP contribution in [0.2, 0.25) is 0 Å². The SMILES string of the molecule is COc1ccc(CCN2CCC(C)C2CBr)cc1. The van der Waals surface area contributed by atoms with Crippen LogP contribution < -0.4 is 4.74 Å². The van der Waals surface area contributed by atoms with E-state index in [0.29, 0.717) is 6.04 Å². The predicted molar refractivity (Wildman–Crippen MR) is 79.6 cm³/mol. The van der Waals surface area contributed by atoms with Crippen molar-refractivity contribution < 1.29 is 4.74 Å². The average molecular weight is 312 g/mol. The molecule has 1 aromatic rings. The molecular weight excluding hydrogens is 290 g/mol. The molecule has 1 heterocycles. The van der Waals surface area contributed by atoms with Crippen molar-refractivity contribution in [1.29, 1.82) is 0 Å². The van der Waals surface area contributed by atoms with Gasteiger partial charge in [-0.1, -0.05) is 35.0 Å². The van der Waals surface area contributed by atoms with Crippen LogP contribution in [0.5, 0.6) is 5.75 Å². The number of benzene rings is 1. The fourth-order valence-corrected chi connectivity index (χ4v) is 3.73. The first-order valence-corrected chi connectivity index (χ1v) is 7.79. The van der Waals surface area contributed by atoms with Crippen molar-refractivity contribution in [2.75, 3.05) is 25.5 Å². The maximum atomic E-state index is 5.18. The molecule has 0 spiro atoms. The number of nitrogens with zero attached hydrogens (tertiary/aromatic N) is 1. The monoisotopic (exact) mass is 311 g/mol. The van der Waals surface area contributed by atoms with E-state index in [2.05, 4.69) is 39.9 Å². The number of rotatable bonds is 5. The van der Waals surface area contributed by atoms with Gasteiger partial charge < -0.3 is 4.74 Å². The van der Waals surface area contributed by atoms with Crippen molar-refractivity contribution >= 4 is 15.9 Å². The van der Waals surface area contributed by atoms with Gasteiger partial charge in [-0.05, 0) is 43.0 Å². The Morgan fingerprint density at radius 2 is 2.06 bits per heavy atom. The molecule has 1 fully saturated rings. The first kappa shape index (κ1) is 13.9. The van der Waals surface area contributed by atoms with Gasteiger partial charge in [-0.15, -0.1) is 0 Å². The Kier molecular flexibility index (Phi) is 5.07. The van der Waals surface area contributed by atoms with Crippen molar-refractivity contribution in [3.63, 3.8) is 0 Å². The van der Waals surface area contributed by atoms with Gasteiger partial charge in [0.05, 0.1) is 7.11 Å². The minimum Gasteiger partial charge on any atom is -0.497 e. The van der Waals surface area contributed by atoms with Crippen molar-refractivity contribution in [2.24, 2.45) is 5.92 Å². The van der Waals surface area contributed by atoms with Gasteiger partial charge in [-0.2, -0.15) is 0 Å².